The van der Waals surface area contributed by atoms with Crippen molar-refractivity contribution in [2.24, 2.45) is 0 Å². The van der Waals surface area contributed by atoms with Crippen molar-refractivity contribution in [1.29, 1.82) is 0 Å². The number of para-hydroxylation sites is 1. The summed E-state index contributed by atoms with van der Waals surface area (Å²) in [6.45, 7) is 2.74. The van der Waals surface area contributed by atoms with Crippen LogP contribution in [0.3, 0.4) is 0 Å². The Morgan fingerprint density at radius 1 is 0.780 bits per heavy atom. The van der Waals surface area contributed by atoms with Gasteiger partial charge in [0.1, 0.15) is 5.75 Å². The number of carboxylic acid groups (broad SMARTS) is 1. The quantitative estimate of drug-likeness (QED) is 0.234. The summed E-state index contributed by atoms with van der Waals surface area (Å²) in [6.07, 6.45) is 0.430. The predicted molar refractivity (Wildman–Crippen MR) is 159 cm³/mol. The molecule has 0 aromatic heterocycles. The molecule has 0 atom stereocenters. The number of aliphatic carboxylic acids is 1. The summed E-state index contributed by atoms with van der Waals surface area (Å²) in [7, 11) is 1.59. The maximum absolute atomic E-state index is 13.9. The lowest BCUT2D eigenvalue weighted by atomic mass is 9.94. The van der Waals surface area contributed by atoms with Gasteiger partial charge in [-0.1, -0.05) is 84.4 Å². The Labute approximate surface area is 240 Å². The van der Waals surface area contributed by atoms with Crippen molar-refractivity contribution >= 4 is 17.8 Å². The zero-order chi connectivity index (χ0) is 29.2. The molecule has 0 aliphatic rings. The average Bonchev–Trinajstić information content (AvgIpc) is 3.00. The van der Waals surface area contributed by atoms with E-state index in [-0.39, 0.29) is 31.3 Å². The number of methoxy groups -OCH3 is 1. The second-order valence-corrected chi connectivity index (χ2v) is 9.76. The van der Waals surface area contributed by atoms with E-state index in [1.165, 1.54) is 0 Å². The number of ether oxygens (including phenoxy) is 1. The number of rotatable bonds is 12. The van der Waals surface area contributed by atoms with E-state index in [9.17, 15) is 19.5 Å². The molecule has 0 unspecified atom stereocenters. The van der Waals surface area contributed by atoms with Crippen LogP contribution in [0.1, 0.15) is 43.8 Å². The second-order valence-electron chi connectivity index (χ2n) is 9.76. The molecule has 41 heavy (non-hydrogen) atoms. The molecule has 0 spiro atoms. The molecule has 4 rings (SSSR count). The molecule has 0 fully saturated rings. The number of carbonyl (C=O) groups is 3. The standard InChI is InChI=1S/C34H34N2O5/c1-24-15-17-25(18-16-24)19-21-36(22-20-32(37)38)34(40)30-13-7-5-11-28(30)27-10-4-6-12-29(27)33(39)35-23-26-9-3-8-14-31(26)41-2/h3-18H,19-23H2,1-2H3,(H,35,39)(H,37,38). The fraction of sp³-hybridized carbons (Fsp3) is 0.206. The molecule has 0 radical (unpaired) electrons. The largest absolute Gasteiger partial charge is 0.496 e. The number of hydrogen-bond donors (Lipinski definition) is 2. The lowest BCUT2D eigenvalue weighted by molar-refractivity contribution is -0.137. The van der Waals surface area contributed by atoms with Crippen LogP contribution in [-0.4, -0.2) is 48.0 Å². The molecule has 4 aromatic carbocycles. The lowest BCUT2D eigenvalue weighted by Crippen LogP contribution is -2.35. The molecule has 7 heteroatoms. The Bertz CT molecular complexity index is 1510. The van der Waals surface area contributed by atoms with Gasteiger partial charge in [-0.05, 0) is 48.2 Å². The number of amides is 2. The predicted octanol–water partition coefficient (Wildman–Crippen LogP) is 5.76. The summed E-state index contributed by atoms with van der Waals surface area (Å²) >= 11 is 0. The number of benzene rings is 4. The van der Waals surface area contributed by atoms with E-state index in [1.807, 2.05) is 79.7 Å². The van der Waals surface area contributed by atoms with Gasteiger partial charge in [-0.15, -0.1) is 0 Å². The smallest absolute Gasteiger partial charge is 0.305 e. The van der Waals surface area contributed by atoms with Gasteiger partial charge in [-0.2, -0.15) is 0 Å². The highest BCUT2D eigenvalue weighted by molar-refractivity contribution is 6.06. The molecule has 7 nitrogen and oxygen atoms in total. The molecule has 4 aromatic rings. The maximum atomic E-state index is 13.9. The molecule has 210 valence electrons. The highest BCUT2D eigenvalue weighted by atomic mass is 16.5. The van der Waals surface area contributed by atoms with Crippen molar-refractivity contribution in [3.63, 3.8) is 0 Å². The van der Waals surface area contributed by atoms with Crippen LogP contribution in [-0.2, 0) is 17.8 Å². The van der Waals surface area contributed by atoms with Crippen molar-refractivity contribution in [1.82, 2.24) is 10.2 Å². The Morgan fingerprint density at radius 2 is 1.39 bits per heavy atom. The summed E-state index contributed by atoms with van der Waals surface area (Å²) < 4.78 is 5.40. The van der Waals surface area contributed by atoms with E-state index < -0.39 is 5.97 Å². The monoisotopic (exact) mass is 550 g/mol. The van der Waals surface area contributed by atoms with Gasteiger partial charge in [0, 0.05) is 36.3 Å². The highest BCUT2D eigenvalue weighted by Gasteiger charge is 2.22. The first-order valence-corrected chi connectivity index (χ1v) is 13.5. The molecule has 0 aliphatic heterocycles. The summed E-state index contributed by atoms with van der Waals surface area (Å²) in [5, 5.41) is 12.3. The first-order valence-electron chi connectivity index (χ1n) is 13.5. The minimum atomic E-state index is -0.969. The SMILES string of the molecule is COc1ccccc1CNC(=O)c1ccccc1-c1ccccc1C(=O)N(CCC(=O)O)CCc1ccc(C)cc1. The van der Waals surface area contributed by atoms with Gasteiger partial charge < -0.3 is 20.1 Å². The number of carbonyl (C=O) groups excluding carboxylic acids is 2. The summed E-state index contributed by atoms with van der Waals surface area (Å²) in [5.41, 5.74) is 5.12. The molecule has 0 aliphatic carbocycles. The van der Waals surface area contributed by atoms with Gasteiger partial charge in [-0.3, -0.25) is 14.4 Å². The Hall–Kier alpha value is -4.91. The van der Waals surface area contributed by atoms with Crippen molar-refractivity contribution in [2.75, 3.05) is 20.2 Å². The van der Waals surface area contributed by atoms with E-state index in [1.54, 1.807) is 36.3 Å². The van der Waals surface area contributed by atoms with Crippen molar-refractivity contribution in [3.05, 3.63) is 125 Å². The van der Waals surface area contributed by atoms with Gasteiger partial charge in [-0.25, -0.2) is 0 Å². The van der Waals surface area contributed by atoms with Crippen molar-refractivity contribution < 1.29 is 24.2 Å². The van der Waals surface area contributed by atoms with Gasteiger partial charge in [0.25, 0.3) is 11.8 Å². The maximum Gasteiger partial charge on any atom is 0.305 e. The number of nitrogens with one attached hydrogen (secondary N) is 1. The highest BCUT2D eigenvalue weighted by Crippen LogP contribution is 2.29. The van der Waals surface area contributed by atoms with Gasteiger partial charge in [0.15, 0.2) is 0 Å². The molecule has 0 bridgehead atoms. The van der Waals surface area contributed by atoms with E-state index in [4.69, 9.17) is 4.74 Å². The zero-order valence-electron chi connectivity index (χ0n) is 23.3. The summed E-state index contributed by atoms with van der Waals surface area (Å²) in [5.74, 6) is -0.846. The van der Waals surface area contributed by atoms with E-state index in [2.05, 4.69) is 5.32 Å². The first-order chi connectivity index (χ1) is 19.9. The van der Waals surface area contributed by atoms with Crippen LogP contribution in [0.2, 0.25) is 0 Å². The number of carboxylic acids is 1. The third-order valence-corrected chi connectivity index (χ3v) is 6.93. The molecule has 0 saturated carbocycles. The van der Waals surface area contributed by atoms with Crippen LogP contribution in [0.25, 0.3) is 11.1 Å². The lowest BCUT2D eigenvalue weighted by Gasteiger charge is -2.24. The normalized spacial score (nSPS) is 10.6. The third-order valence-electron chi connectivity index (χ3n) is 6.93. The second kappa shape index (κ2) is 13.9. The van der Waals surface area contributed by atoms with Gasteiger partial charge in [0.05, 0.1) is 13.5 Å². The summed E-state index contributed by atoms with van der Waals surface area (Å²) in [6, 6.07) is 29.8. The molecule has 0 heterocycles. The Morgan fingerprint density at radius 3 is 2.07 bits per heavy atom. The number of hydrogen-bond acceptors (Lipinski definition) is 4. The molecular formula is C34H34N2O5. The van der Waals surface area contributed by atoms with E-state index >= 15 is 0 Å². The van der Waals surface area contributed by atoms with Crippen molar-refractivity contribution in [3.8, 4) is 16.9 Å². The van der Waals surface area contributed by atoms with E-state index in [0.717, 1.165) is 16.7 Å². The molecular weight excluding hydrogens is 516 g/mol. The van der Waals surface area contributed by atoms with E-state index in [0.29, 0.717) is 41.0 Å². The van der Waals surface area contributed by atoms with Crippen LogP contribution in [0.5, 0.6) is 5.75 Å². The average molecular weight is 551 g/mol. The Kier molecular flexibility index (Phi) is 9.89. The molecule has 2 amide bonds. The first kappa shape index (κ1) is 29.1. The van der Waals surface area contributed by atoms with Gasteiger partial charge in [0.2, 0.25) is 0 Å². The minimum Gasteiger partial charge on any atom is -0.496 e. The topological polar surface area (TPSA) is 95.9 Å². The summed E-state index contributed by atoms with van der Waals surface area (Å²) in [4.78, 5) is 40.3. The fourth-order valence-corrected chi connectivity index (χ4v) is 4.67. The zero-order valence-corrected chi connectivity index (χ0v) is 23.3. The number of nitrogens with zero attached hydrogens (tertiary/aromatic N) is 1. The van der Waals surface area contributed by atoms with Crippen LogP contribution in [0, 0.1) is 6.92 Å². The molecule has 0 saturated heterocycles. The van der Waals surface area contributed by atoms with Crippen LogP contribution < -0.4 is 10.1 Å². The minimum absolute atomic E-state index is 0.0788. The van der Waals surface area contributed by atoms with Crippen LogP contribution in [0.15, 0.2) is 97.1 Å². The fourth-order valence-electron chi connectivity index (χ4n) is 4.67. The van der Waals surface area contributed by atoms with Crippen LogP contribution in [0.4, 0.5) is 0 Å². The number of aryl methyl sites for hydroxylation is 1. The molecule has 2 N–H and O–H groups in total. The third kappa shape index (κ3) is 7.60. The van der Waals surface area contributed by atoms with Crippen LogP contribution >= 0.6 is 0 Å². The van der Waals surface area contributed by atoms with Crippen molar-refractivity contribution in [2.45, 2.75) is 26.3 Å². The Balaban J connectivity index is 1.60. The van der Waals surface area contributed by atoms with Gasteiger partial charge >= 0.3 is 5.97 Å².